The summed E-state index contributed by atoms with van der Waals surface area (Å²) in [6.07, 6.45) is 13.1. The van der Waals surface area contributed by atoms with E-state index in [9.17, 15) is 0 Å². The lowest BCUT2D eigenvalue weighted by Crippen LogP contribution is -2.33. The average molecular weight is 251 g/mol. The largest absolute Gasteiger partial charge is 0.381 e. The van der Waals surface area contributed by atoms with Gasteiger partial charge in [-0.3, -0.25) is 0 Å². The van der Waals surface area contributed by atoms with Crippen molar-refractivity contribution < 1.29 is 4.74 Å². The molecule has 0 aromatic heterocycles. The Bertz CT molecular complexity index is 256. The van der Waals surface area contributed by atoms with E-state index in [2.05, 4.69) is 18.3 Å². The fourth-order valence-electron chi connectivity index (χ4n) is 3.32. The molecule has 0 saturated carbocycles. The standard InChI is InChI=1S/C16H29NO/c1-2-17-16(12-14-6-4-3-5-7-14)13-15-8-10-18-11-9-15/h6,15-17H,2-5,7-13H2,1H3. The van der Waals surface area contributed by atoms with Gasteiger partial charge in [-0.15, -0.1) is 0 Å². The number of allylic oxidation sites excluding steroid dienone is 1. The summed E-state index contributed by atoms with van der Waals surface area (Å²) in [5.74, 6) is 0.881. The van der Waals surface area contributed by atoms with E-state index in [0.29, 0.717) is 6.04 Å². The molecule has 1 unspecified atom stereocenters. The van der Waals surface area contributed by atoms with Gasteiger partial charge in [0.2, 0.25) is 0 Å². The van der Waals surface area contributed by atoms with Crippen LogP contribution in [0.3, 0.4) is 0 Å². The van der Waals surface area contributed by atoms with Gasteiger partial charge in [0.05, 0.1) is 0 Å². The van der Waals surface area contributed by atoms with Crippen LogP contribution in [0.5, 0.6) is 0 Å². The first-order valence-electron chi connectivity index (χ1n) is 7.87. The second-order valence-electron chi connectivity index (χ2n) is 5.86. The zero-order valence-corrected chi connectivity index (χ0v) is 11.9. The first-order chi connectivity index (χ1) is 8.88. The lowest BCUT2D eigenvalue weighted by atomic mass is 9.87. The van der Waals surface area contributed by atoms with E-state index < -0.39 is 0 Å². The summed E-state index contributed by atoms with van der Waals surface area (Å²) in [7, 11) is 0. The third-order valence-corrected chi connectivity index (χ3v) is 4.35. The Kier molecular flexibility index (Phi) is 6.22. The molecule has 2 heteroatoms. The van der Waals surface area contributed by atoms with Gasteiger partial charge in [-0.25, -0.2) is 0 Å². The summed E-state index contributed by atoms with van der Waals surface area (Å²) in [6, 6.07) is 0.697. The number of rotatable bonds is 6. The fraction of sp³-hybridized carbons (Fsp3) is 0.875. The first kappa shape index (κ1) is 14.1. The van der Waals surface area contributed by atoms with Crippen molar-refractivity contribution in [3.63, 3.8) is 0 Å². The zero-order chi connectivity index (χ0) is 12.6. The van der Waals surface area contributed by atoms with E-state index in [-0.39, 0.29) is 0 Å². The Morgan fingerprint density at radius 1 is 1.33 bits per heavy atom. The van der Waals surface area contributed by atoms with Crippen molar-refractivity contribution in [1.82, 2.24) is 5.32 Å². The second kappa shape index (κ2) is 7.96. The summed E-state index contributed by atoms with van der Waals surface area (Å²) in [6.45, 7) is 5.28. The minimum atomic E-state index is 0.697. The van der Waals surface area contributed by atoms with Crippen LogP contribution >= 0.6 is 0 Å². The quantitative estimate of drug-likeness (QED) is 0.727. The predicted molar refractivity (Wildman–Crippen MR) is 76.8 cm³/mol. The van der Waals surface area contributed by atoms with Crippen LogP contribution < -0.4 is 5.32 Å². The molecule has 2 nitrogen and oxygen atoms in total. The molecule has 1 aliphatic carbocycles. The maximum atomic E-state index is 5.46. The van der Waals surface area contributed by atoms with E-state index in [1.54, 1.807) is 5.57 Å². The van der Waals surface area contributed by atoms with Crippen molar-refractivity contribution in [3.05, 3.63) is 11.6 Å². The summed E-state index contributed by atoms with van der Waals surface area (Å²) < 4.78 is 5.46. The van der Waals surface area contributed by atoms with Crippen LogP contribution in [0.2, 0.25) is 0 Å². The van der Waals surface area contributed by atoms with Gasteiger partial charge in [0.1, 0.15) is 0 Å². The van der Waals surface area contributed by atoms with Crippen molar-refractivity contribution in [2.45, 2.75) is 64.3 Å². The maximum absolute atomic E-state index is 5.46. The van der Waals surface area contributed by atoms with Crippen LogP contribution in [0.4, 0.5) is 0 Å². The molecule has 0 spiro atoms. The fourth-order valence-corrected chi connectivity index (χ4v) is 3.32. The van der Waals surface area contributed by atoms with Gasteiger partial charge in [-0.05, 0) is 63.8 Å². The average Bonchev–Trinajstić information content (AvgIpc) is 2.41. The number of hydrogen-bond acceptors (Lipinski definition) is 2. The smallest absolute Gasteiger partial charge is 0.0468 e. The Morgan fingerprint density at radius 2 is 2.17 bits per heavy atom. The molecule has 1 heterocycles. The van der Waals surface area contributed by atoms with Gasteiger partial charge in [-0.1, -0.05) is 18.6 Å². The molecule has 0 aromatic rings. The van der Waals surface area contributed by atoms with Gasteiger partial charge in [0.25, 0.3) is 0 Å². The molecule has 2 rings (SSSR count). The molecular formula is C16H29NO. The molecule has 1 N–H and O–H groups in total. The lowest BCUT2D eigenvalue weighted by Gasteiger charge is -2.28. The molecule has 1 aliphatic heterocycles. The van der Waals surface area contributed by atoms with E-state index in [1.807, 2.05) is 0 Å². The highest BCUT2D eigenvalue weighted by Crippen LogP contribution is 2.26. The Balaban J connectivity index is 1.80. The van der Waals surface area contributed by atoms with E-state index in [0.717, 1.165) is 25.7 Å². The maximum Gasteiger partial charge on any atom is 0.0468 e. The lowest BCUT2D eigenvalue weighted by molar-refractivity contribution is 0.0606. The van der Waals surface area contributed by atoms with Crippen molar-refractivity contribution in [3.8, 4) is 0 Å². The van der Waals surface area contributed by atoms with Crippen molar-refractivity contribution >= 4 is 0 Å². The van der Waals surface area contributed by atoms with Crippen LogP contribution in [0, 0.1) is 5.92 Å². The molecule has 18 heavy (non-hydrogen) atoms. The van der Waals surface area contributed by atoms with Crippen LogP contribution in [0.25, 0.3) is 0 Å². The van der Waals surface area contributed by atoms with Crippen LogP contribution in [0.1, 0.15) is 58.3 Å². The highest BCUT2D eigenvalue weighted by Gasteiger charge is 2.20. The van der Waals surface area contributed by atoms with E-state index in [1.165, 1.54) is 51.4 Å². The third-order valence-electron chi connectivity index (χ3n) is 4.35. The second-order valence-corrected chi connectivity index (χ2v) is 5.86. The minimum Gasteiger partial charge on any atom is -0.381 e. The summed E-state index contributed by atoms with van der Waals surface area (Å²) in [5, 5.41) is 3.70. The van der Waals surface area contributed by atoms with E-state index >= 15 is 0 Å². The summed E-state index contributed by atoms with van der Waals surface area (Å²) >= 11 is 0. The first-order valence-corrected chi connectivity index (χ1v) is 7.87. The van der Waals surface area contributed by atoms with Crippen molar-refractivity contribution in [2.24, 2.45) is 5.92 Å². The van der Waals surface area contributed by atoms with Crippen molar-refractivity contribution in [2.75, 3.05) is 19.8 Å². The van der Waals surface area contributed by atoms with Crippen LogP contribution in [0.15, 0.2) is 11.6 Å². The van der Waals surface area contributed by atoms with Gasteiger partial charge in [-0.2, -0.15) is 0 Å². The minimum absolute atomic E-state index is 0.697. The Labute approximate surface area is 112 Å². The zero-order valence-electron chi connectivity index (χ0n) is 11.9. The predicted octanol–water partition coefficient (Wildman–Crippen LogP) is 3.67. The molecule has 1 saturated heterocycles. The molecule has 104 valence electrons. The molecule has 0 aromatic carbocycles. The molecule has 0 amide bonds. The number of nitrogens with one attached hydrogen (secondary N) is 1. The molecular weight excluding hydrogens is 222 g/mol. The third kappa shape index (κ3) is 4.74. The van der Waals surface area contributed by atoms with Crippen LogP contribution in [-0.2, 0) is 4.74 Å². The molecule has 0 bridgehead atoms. The molecule has 1 fully saturated rings. The topological polar surface area (TPSA) is 21.3 Å². The Morgan fingerprint density at radius 3 is 2.83 bits per heavy atom. The van der Waals surface area contributed by atoms with Gasteiger partial charge in [0, 0.05) is 19.3 Å². The van der Waals surface area contributed by atoms with Crippen molar-refractivity contribution in [1.29, 1.82) is 0 Å². The molecule has 1 atom stereocenters. The number of ether oxygens (including phenoxy) is 1. The Hall–Kier alpha value is -0.340. The molecule has 0 radical (unpaired) electrons. The van der Waals surface area contributed by atoms with E-state index in [4.69, 9.17) is 4.74 Å². The monoisotopic (exact) mass is 251 g/mol. The van der Waals surface area contributed by atoms with Gasteiger partial charge < -0.3 is 10.1 Å². The summed E-state index contributed by atoms with van der Waals surface area (Å²) in [5.41, 5.74) is 1.71. The number of hydrogen-bond donors (Lipinski definition) is 1. The normalized spacial score (nSPS) is 23.7. The van der Waals surface area contributed by atoms with Gasteiger partial charge >= 0.3 is 0 Å². The van der Waals surface area contributed by atoms with Crippen LogP contribution in [-0.4, -0.2) is 25.8 Å². The SMILES string of the molecule is CCNC(CC1=CCCCC1)CC1CCOCC1. The highest BCUT2D eigenvalue weighted by molar-refractivity contribution is 5.07. The summed E-state index contributed by atoms with van der Waals surface area (Å²) in [4.78, 5) is 0. The highest BCUT2D eigenvalue weighted by atomic mass is 16.5. The van der Waals surface area contributed by atoms with Gasteiger partial charge in [0.15, 0.2) is 0 Å². The molecule has 2 aliphatic rings.